The summed E-state index contributed by atoms with van der Waals surface area (Å²) in [5.74, 6) is 0. The van der Waals surface area contributed by atoms with E-state index in [1.165, 1.54) is 0 Å². The predicted molar refractivity (Wildman–Crippen MR) is 47.1 cm³/mol. The zero-order valence-electron chi connectivity index (χ0n) is 7.82. The normalized spacial score (nSPS) is 27.3. The van der Waals surface area contributed by atoms with Gasteiger partial charge in [0.1, 0.15) is 0 Å². The lowest BCUT2D eigenvalue weighted by Crippen LogP contribution is -2.74. The summed E-state index contributed by atoms with van der Waals surface area (Å²) in [6.45, 7) is 3.01. The van der Waals surface area contributed by atoms with E-state index in [0.717, 1.165) is 32.7 Å². The van der Waals surface area contributed by atoms with Crippen LogP contribution in [0, 0.1) is 0 Å². The van der Waals surface area contributed by atoms with E-state index in [2.05, 4.69) is 4.90 Å². The highest BCUT2D eigenvalue weighted by Crippen LogP contribution is 2.30. The Morgan fingerprint density at radius 1 is 1.54 bits per heavy atom. The fraction of sp³-hybridized carbons (Fsp3) is 0.875. The summed E-state index contributed by atoms with van der Waals surface area (Å²) in [5.41, 5.74) is 4.88. The largest absolute Gasteiger partial charge is 0.353 e. The van der Waals surface area contributed by atoms with Gasteiger partial charge in [-0.1, -0.05) is 0 Å². The zero-order chi connectivity index (χ0) is 9.47. The Kier molecular flexibility index (Phi) is 1.92. The van der Waals surface area contributed by atoms with Gasteiger partial charge in [0.25, 0.3) is 0 Å². The first-order valence-electron chi connectivity index (χ1n) is 4.54. The van der Waals surface area contributed by atoms with Gasteiger partial charge in [0, 0.05) is 19.6 Å². The van der Waals surface area contributed by atoms with Crippen molar-refractivity contribution in [1.29, 1.82) is 0 Å². The van der Waals surface area contributed by atoms with Gasteiger partial charge in [-0.3, -0.25) is 9.80 Å². The van der Waals surface area contributed by atoms with Crippen LogP contribution in [0.2, 0.25) is 0 Å². The maximum Gasteiger partial charge on any atom is 0.317 e. The van der Waals surface area contributed by atoms with Crippen LogP contribution >= 0.6 is 0 Å². The van der Waals surface area contributed by atoms with E-state index in [1.807, 2.05) is 7.05 Å². The van der Waals surface area contributed by atoms with Crippen molar-refractivity contribution in [1.82, 2.24) is 9.80 Å². The molecule has 2 aliphatic heterocycles. The third-order valence-corrected chi connectivity index (χ3v) is 2.69. The van der Waals surface area contributed by atoms with Crippen LogP contribution in [0.15, 0.2) is 0 Å². The number of likely N-dealkylation sites (N-methyl/N-ethyl adjacent to an activating group) is 1. The van der Waals surface area contributed by atoms with Crippen molar-refractivity contribution in [3.8, 4) is 0 Å². The molecule has 0 aromatic heterocycles. The molecular formula is C8H15N3O2. The van der Waals surface area contributed by atoms with Crippen molar-refractivity contribution in [2.75, 3.05) is 33.3 Å². The Morgan fingerprint density at radius 3 is 2.77 bits per heavy atom. The molecule has 0 unspecified atom stereocenters. The highest BCUT2D eigenvalue weighted by molar-refractivity contribution is 5.73. The Balaban J connectivity index is 2.10. The minimum atomic E-state index is -0.404. The first-order valence-corrected chi connectivity index (χ1v) is 4.54. The first kappa shape index (κ1) is 8.77. The lowest BCUT2D eigenvalue weighted by Gasteiger charge is -2.55. The lowest BCUT2D eigenvalue weighted by atomic mass is 10.0. The molecule has 2 saturated heterocycles. The number of rotatable bonds is 0. The SMILES string of the molecule is CN1CC2(C1)OCCCN2C(N)=O. The van der Waals surface area contributed by atoms with E-state index >= 15 is 0 Å². The Bertz CT molecular complexity index is 220. The summed E-state index contributed by atoms with van der Waals surface area (Å²) in [6.07, 6.45) is 0.883. The van der Waals surface area contributed by atoms with Gasteiger partial charge in [-0.2, -0.15) is 0 Å². The summed E-state index contributed by atoms with van der Waals surface area (Å²) < 4.78 is 5.63. The van der Waals surface area contributed by atoms with E-state index in [0.29, 0.717) is 0 Å². The van der Waals surface area contributed by atoms with Gasteiger partial charge in [-0.15, -0.1) is 0 Å². The molecule has 0 aromatic rings. The predicted octanol–water partition coefficient (Wildman–Crippen LogP) is -0.571. The number of amides is 2. The second-order valence-corrected chi connectivity index (χ2v) is 3.81. The van der Waals surface area contributed by atoms with Crippen molar-refractivity contribution >= 4 is 6.03 Å². The summed E-state index contributed by atoms with van der Waals surface area (Å²) in [4.78, 5) is 14.9. The zero-order valence-corrected chi connectivity index (χ0v) is 7.82. The third-order valence-electron chi connectivity index (χ3n) is 2.69. The minimum absolute atomic E-state index is 0.368. The topological polar surface area (TPSA) is 58.8 Å². The van der Waals surface area contributed by atoms with Crippen LogP contribution < -0.4 is 5.73 Å². The number of hydrogen-bond acceptors (Lipinski definition) is 3. The molecule has 74 valence electrons. The molecule has 2 amide bonds. The summed E-state index contributed by atoms with van der Waals surface area (Å²) in [7, 11) is 2.00. The average molecular weight is 185 g/mol. The molecular weight excluding hydrogens is 170 g/mol. The van der Waals surface area contributed by atoms with Gasteiger partial charge in [-0.25, -0.2) is 4.79 Å². The van der Waals surface area contributed by atoms with Crippen LogP contribution in [0.1, 0.15) is 6.42 Å². The van der Waals surface area contributed by atoms with Gasteiger partial charge in [0.15, 0.2) is 5.72 Å². The Morgan fingerprint density at radius 2 is 2.23 bits per heavy atom. The average Bonchev–Trinajstić information content (AvgIpc) is 2.02. The van der Waals surface area contributed by atoms with Gasteiger partial charge >= 0.3 is 6.03 Å². The molecule has 0 bridgehead atoms. The lowest BCUT2D eigenvalue weighted by molar-refractivity contribution is -0.228. The number of ether oxygens (including phenoxy) is 1. The number of nitrogens with zero attached hydrogens (tertiary/aromatic N) is 2. The van der Waals surface area contributed by atoms with Gasteiger partial charge < -0.3 is 10.5 Å². The summed E-state index contributed by atoms with van der Waals surface area (Å²) in [5, 5.41) is 0. The number of likely N-dealkylation sites (tertiary alicyclic amines) is 1. The minimum Gasteiger partial charge on any atom is -0.353 e. The summed E-state index contributed by atoms with van der Waals surface area (Å²) >= 11 is 0. The van der Waals surface area contributed by atoms with Crippen LogP contribution in [-0.2, 0) is 4.74 Å². The van der Waals surface area contributed by atoms with E-state index in [1.54, 1.807) is 4.90 Å². The molecule has 2 rings (SSSR count). The molecule has 5 heteroatoms. The smallest absolute Gasteiger partial charge is 0.317 e. The van der Waals surface area contributed by atoms with Crippen LogP contribution in [-0.4, -0.2) is 54.8 Å². The second kappa shape index (κ2) is 2.85. The Labute approximate surface area is 77.4 Å². The monoisotopic (exact) mass is 185 g/mol. The maximum absolute atomic E-state index is 11.1. The highest BCUT2D eigenvalue weighted by atomic mass is 16.5. The number of primary amides is 1. The van der Waals surface area contributed by atoms with E-state index in [-0.39, 0.29) is 6.03 Å². The van der Waals surface area contributed by atoms with Gasteiger partial charge in [-0.05, 0) is 13.5 Å². The molecule has 13 heavy (non-hydrogen) atoms. The number of carbonyl (C=O) groups excluding carboxylic acids is 1. The first-order chi connectivity index (χ1) is 6.14. The highest BCUT2D eigenvalue weighted by Gasteiger charge is 2.50. The van der Waals surface area contributed by atoms with Crippen molar-refractivity contribution in [2.45, 2.75) is 12.1 Å². The quantitative estimate of drug-likeness (QED) is 0.550. The van der Waals surface area contributed by atoms with Crippen molar-refractivity contribution in [3.05, 3.63) is 0 Å². The fourth-order valence-electron chi connectivity index (χ4n) is 2.14. The van der Waals surface area contributed by atoms with Gasteiger partial charge in [0.05, 0.1) is 6.61 Å². The maximum atomic E-state index is 11.1. The van der Waals surface area contributed by atoms with Crippen LogP contribution in [0.4, 0.5) is 4.79 Å². The molecule has 2 N–H and O–H groups in total. The van der Waals surface area contributed by atoms with E-state index in [9.17, 15) is 4.79 Å². The second-order valence-electron chi connectivity index (χ2n) is 3.81. The third kappa shape index (κ3) is 1.28. The number of hydrogen-bond donors (Lipinski definition) is 1. The molecule has 0 aliphatic carbocycles. The molecule has 0 aromatic carbocycles. The molecule has 0 saturated carbocycles. The molecule has 1 spiro atoms. The van der Waals surface area contributed by atoms with Crippen LogP contribution in [0.5, 0.6) is 0 Å². The van der Waals surface area contributed by atoms with Crippen LogP contribution in [0.3, 0.4) is 0 Å². The van der Waals surface area contributed by atoms with Crippen molar-refractivity contribution < 1.29 is 9.53 Å². The molecule has 2 heterocycles. The number of carbonyl (C=O) groups is 1. The molecule has 2 fully saturated rings. The standard InChI is InChI=1S/C8H15N3O2/c1-10-5-8(6-10)11(7(9)12)3-2-4-13-8/h2-6H2,1H3,(H2,9,12). The summed E-state index contributed by atoms with van der Waals surface area (Å²) in [6, 6.07) is -0.368. The Hall–Kier alpha value is -0.810. The molecule has 0 atom stereocenters. The number of urea groups is 1. The van der Waals surface area contributed by atoms with Crippen molar-refractivity contribution in [2.24, 2.45) is 5.73 Å². The van der Waals surface area contributed by atoms with Crippen molar-refractivity contribution in [3.63, 3.8) is 0 Å². The number of nitrogens with two attached hydrogens (primary N) is 1. The fourth-order valence-corrected chi connectivity index (χ4v) is 2.14. The van der Waals surface area contributed by atoms with Crippen LogP contribution in [0.25, 0.3) is 0 Å². The van der Waals surface area contributed by atoms with Gasteiger partial charge in [0.2, 0.25) is 0 Å². The molecule has 0 radical (unpaired) electrons. The molecule has 5 nitrogen and oxygen atoms in total. The van der Waals surface area contributed by atoms with E-state index in [4.69, 9.17) is 10.5 Å². The molecule has 2 aliphatic rings. The van der Waals surface area contributed by atoms with E-state index < -0.39 is 5.72 Å².